The zero-order valence-electron chi connectivity index (χ0n) is 12.4. The number of carbonyl (C=O) groups is 3. The Morgan fingerprint density at radius 2 is 1.48 bits per heavy atom. The van der Waals surface area contributed by atoms with Gasteiger partial charge in [0.15, 0.2) is 0 Å². The summed E-state index contributed by atoms with van der Waals surface area (Å²) in [5.74, 6) is -1.51. The SMILES string of the molecule is CCCCCNC(=O)C(=O)Nc1ccc(NC(C)=O)cc1. The van der Waals surface area contributed by atoms with Crippen LogP contribution < -0.4 is 16.0 Å². The molecule has 21 heavy (non-hydrogen) atoms. The summed E-state index contributed by atoms with van der Waals surface area (Å²) in [5, 5.41) is 7.68. The van der Waals surface area contributed by atoms with Gasteiger partial charge in [-0.15, -0.1) is 0 Å². The van der Waals surface area contributed by atoms with E-state index in [1.807, 2.05) is 0 Å². The quantitative estimate of drug-likeness (QED) is 0.552. The number of anilines is 2. The predicted octanol–water partition coefficient (Wildman–Crippen LogP) is 1.89. The average molecular weight is 291 g/mol. The van der Waals surface area contributed by atoms with Gasteiger partial charge in [0, 0.05) is 24.8 Å². The van der Waals surface area contributed by atoms with Gasteiger partial charge >= 0.3 is 11.8 Å². The Kier molecular flexibility index (Phi) is 6.94. The average Bonchev–Trinajstić information content (AvgIpc) is 2.45. The van der Waals surface area contributed by atoms with Crippen LogP contribution in [0.2, 0.25) is 0 Å². The van der Waals surface area contributed by atoms with Crippen LogP contribution in [0.1, 0.15) is 33.1 Å². The Hall–Kier alpha value is -2.37. The molecule has 0 aromatic heterocycles. The third kappa shape index (κ3) is 6.56. The maximum Gasteiger partial charge on any atom is 0.313 e. The summed E-state index contributed by atoms with van der Waals surface area (Å²) in [6.07, 6.45) is 2.94. The highest BCUT2D eigenvalue weighted by atomic mass is 16.2. The number of amides is 3. The molecule has 0 fully saturated rings. The van der Waals surface area contributed by atoms with Gasteiger partial charge in [-0.05, 0) is 30.7 Å². The lowest BCUT2D eigenvalue weighted by atomic mass is 10.2. The van der Waals surface area contributed by atoms with Gasteiger partial charge in [0.1, 0.15) is 0 Å². The van der Waals surface area contributed by atoms with Crippen molar-refractivity contribution in [1.82, 2.24) is 5.32 Å². The Morgan fingerprint density at radius 1 is 0.905 bits per heavy atom. The second-order valence-corrected chi connectivity index (χ2v) is 4.68. The van der Waals surface area contributed by atoms with Gasteiger partial charge in [0.2, 0.25) is 5.91 Å². The number of carbonyl (C=O) groups excluding carboxylic acids is 3. The van der Waals surface area contributed by atoms with Gasteiger partial charge in [-0.3, -0.25) is 14.4 Å². The van der Waals surface area contributed by atoms with Crippen molar-refractivity contribution in [1.29, 1.82) is 0 Å². The Balaban J connectivity index is 2.43. The van der Waals surface area contributed by atoms with Crippen LogP contribution in [-0.4, -0.2) is 24.3 Å². The van der Waals surface area contributed by atoms with Crippen LogP contribution in [0.25, 0.3) is 0 Å². The Bertz CT molecular complexity index is 497. The van der Waals surface area contributed by atoms with Crippen LogP contribution in [0, 0.1) is 0 Å². The van der Waals surface area contributed by atoms with Gasteiger partial charge in [0.25, 0.3) is 0 Å². The van der Waals surface area contributed by atoms with E-state index in [1.54, 1.807) is 24.3 Å². The smallest absolute Gasteiger partial charge is 0.313 e. The summed E-state index contributed by atoms with van der Waals surface area (Å²) in [7, 11) is 0. The predicted molar refractivity (Wildman–Crippen MR) is 81.9 cm³/mol. The lowest BCUT2D eigenvalue weighted by Crippen LogP contribution is -2.35. The fourth-order valence-corrected chi connectivity index (χ4v) is 1.69. The maximum absolute atomic E-state index is 11.6. The first kappa shape index (κ1) is 16.7. The molecule has 0 aliphatic rings. The van der Waals surface area contributed by atoms with E-state index < -0.39 is 11.8 Å². The third-order valence-corrected chi connectivity index (χ3v) is 2.74. The van der Waals surface area contributed by atoms with Crippen molar-refractivity contribution in [3.8, 4) is 0 Å². The van der Waals surface area contributed by atoms with Crippen LogP contribution in [0.15, 0.2) is 24.3 Å². The van der Waals surface area contributed by atoms with Crippen LogP contribution in [0.5, 0.6) is 0 Å². The second-order valence-electron chi connectivity index (χ2n) is 4.68. The highest BCUT2D eigenvalue weighted by Gasteiger charge is 2.12. The number of unbranched alkanes of at least 4 members (excludes halogenated alkanes) is 2. The van der Waals surface area contributed by atoms with Gasteiger partial charge in [-0.25, -0.2) is 0 Å². The fourth-order valence-electron chi connectivity index (χ4n) is 1.69. The number of rotatable bonds is 6. The first-order chi connectivity index (χ1) is 10.0. The molecule has 0 aliphatic heterocycles. The van der Waals surface area contributed by atoms with Crippen LogP contribution >= 0.6 is 0 Å². The molecule has 1 aromatic carbocycles. The molecule has 0 aliphatic carbocycles. The molecular weight excluding hydrogens is 270 g/mol. The third-order valence-electron chi connectivity index (χ3n) is 2.74. The Morgan fingerprint density at radius 3 is 2.00 bits per heavy atom. The van der Waals surface area contributed by atoms with Crippen molar-refractivity contribution in [2.75, 3.05) is 17.2 Å². The van der Waals surface area contributed by atoms with Crippen LogP contribution in [0.4, 0.5) is 11.4 Å². The number of benzene rings is 1. The highest BCUT2D eigenvalue weighted by molar-refractivity contribution is 6.39. The van der Waals surface area contributed by atoms with E-state index >= 15 is 0 Å². The first-order valence-electron chi connectivity index (χ1n) is 6.99. The monoisotopic (exact) mass is 291 g/mol. The van der Waals surface area contributed by atoms with Gasteiger partial charge < -0.3 is 16.0 Å². The minimum atomic E-state index is -0.696. The number of nitrogens with one attached hydrogen (secondary N) is 3. The minimum absolute atomic E-state index is 0.168. The van der Waals surface area contributed by atoms with E-state index in [2.05, 4.69) is 22.9 Å². The molecule has 0 radical (unpaired) electrons. The fraction of sp³-hybridized carbons (Fsp3) is 0.400. The highest BCUT2D eigenvalue weighted by Crippen LogP contribution is 2.13. The minimum Gasteiger partial charge on any atom is -0.348 e. The first-order valence-corrected chi connectivity index (χ1v) is 6.99. The van der Waals surface area contributed by atoms with Gasteiger partial charge in [-0.1, -0.05) is 19.8 Å². The normalized spacial score (nSPS) is 9.81. The molecule has 6 heteroatoms. The molecular formula is C15H21N3O3. The van der Waals surface area contributed by atoms with Gasteiger partial charge in [0.05, 0.1) is 0 Å². The summed E-state index contributed by atoms with van der Waals surface area (Å²) >= 11 is 0. The maximum atomic E-state index is 11.6. The van der Waals surface area contributed by atoms with Crippen molar-refractivity contribution in [2.24, 2.45) is 0 Å². The largest absolute Gasteiger partial charge is 0.348 e. The second kappa shape index (κ2) is 8.73. The molecule has 0 heterocycles. The van der Waals surface area contributed by atoms with E-state index in [9.17, 15) is 14.4 Å². The topological polar surface area (TPSA) is 87.3 Å². The summed E-state index contributed by atoms with van der Waals surface area (Å²) in [4.78, 5) is 34.1. The molecule has 0 bridgehead atoms. The van der Waals surface area contributed by atoms with E-state index in [-0.39, 0.29) is 5.91 Å². The van der Waals surface area contributed by atoms with Crippen molar-refractivity contribution in [2.45, 2.75) is 33.1 Å². The molecule has 0 saturated heterocycles. The van der Waals surface area contributed by atoms with E-state index in [1.165, 1.54) is 6.92 Å². The molecule has 0 saturated carbocycles. The molecule has 1 rings (SSSR count). The number of hydrogen-bond donors (Lipinski definition) is 3. The Labute approximate surface area is 124 Å². The van der Waals surface area contributed by atoms with Crippen molar-refractivity contribution in [3.63, 3.8) is 0 Å². The molecule has 3 N–H and O–H groups in total. The standard InChI is InChI=1S/C15H21N3O3/c1-3-4-5-10-16-14(20)15(21)18-13-8-6-12(7-9-13)17-11(2)19/h6-9H,3-5,10H2,1-2H3,(H,16,20)(H,17,19)(H,18,21). The summed E-state index contributed by atoms with van der Waals surface area (Å²) in [5.41, 5.74) is 1.13. The lowest BCUT2D eigenvalue weighted by Gasteiger charge is -2.07. The van der Waals surface area contributed by atoms with Crippen molar-refractivity contribution < 1.29 is 14.4 Å². The van der Waals surface area contributed by atoms with Gasteiger partial charge in [-0.2, -0.15) is 0 Å². The molecule has 3 amide bonds. The summed E-state index contributed by atoms with van der Waals surface area (Å²) < 4.78 is 0. The molecule has 0 atom stereocenters. The number of hydrogen-bond acceptors (Lipinski definition) is 3. The van der Waals surface area contributed by atoms with Crippen LogP contribution in [-0.2, 0) is 14.4 Å². The van der Waals surface area contributed by atoms with Crippen LogP contribution in [0.3, 0.4) is 0 Å². The van der Waals surface area contributed by atoms with E-state index in [4.69, 9.17) is 0 Å². The van der Waals surface area contributed by atoms with E-state index in [0.717, 1.165) is 19.3 Å². The molecule has 6 nitrogen and oxygen atoms in total. The van der Waals surface area contributed by atoms with Crippen molar-refractivity contribution in [3.05, 3.63) is 24.3 Å². The molecule has 0 spiro atoms. The molecule has 0 unspecified atom stereocenters. The molecule has 1 aromatic rings. The summed E-state index contributed by atoms with van der Waals surface area (Å²) in [6, 6.07) is 6.54. The molecule has 114 valence electrons. The lowest BCUT2D eigenvalue weighted by molar-refractivity contribution is -0.136. The van der Waals surface area contributed by atoms with E-state index in [0.29, 0.717) is 17.9 Å². The summed E-state index contributed by atoms with van der Waals surface area (Å²) in [6.45, 7) is 3.99. The zero-order valence-corrected chi connectivity index (χ0v) is 12.4. The van der Waals surface area contributed by atoms with Crippen molar-refractivity contribution >= 4 is 29.1 Å². The zero-order chi connectivity index (χ0) is 15.7.